The van der Waals surface area contributed by atoms with Gasteiger partial charge in [-0.3, -0.25) is 14.5 Å². The first-order chi connectivity index (χ1) is 7.60. The number of amides is 2. The van der Waals surface area contributed by atoms with Crippen molar-refractivity contribution >= 4 is 17.5 Å². The molecule has 1 aromatic rings. The van der Waals surface area contributed by atoms with E-state index in [0.717, 1.165) is 4.90 Å². The van der Waals surface area contributed by atoms with Crippen molar-refractivity contribution in [2.24, 2.45) is 0 Å². The molecule has 0 radical (unpaired) electrons. The number of imide groups is 1. The van der Waals surface area contributed by atoms with E-state index in [9.17, 15) is 14.0 Å². The fourth-order valence-corrected chi connectivity index (χ4v) is 1.33. The number of carbonyl (C=O) groups excluding carboxylic acids is 2. The second-order valence-electron chi connectivity index (χ2n) is 3.31. The van der Waals surface area contributed by atoms with Crippen molar-refractivity contribution < 1.29 is 14.0 Å². The van der Waals surface area contributed by atoms with Crippen molar-refractivity contribution in [2.75, 3.05) is 4.90 Å². The minimum atomic E-state index is -0.392. The Hall–Kier alpha value is -1.71. The molecule has 0 aromatic heterocycles. The van der Waals surface area contributed by atoms with Gasteiger partial charge in [0.2, 0.25) is 11.8 Å². The van der Waals surface area contributed by atoms with Gasteiger partial charge < -0.3 is 0 Å². The quantitative estimate of drug-likeness (QED) is 0.789. The maximum atomic E-state index is 12.7. The average molecular weight is 223 g/mol. The van der Waals surface area contributed by atoms with E-state index in [0.29, 0.717) is 5.69 Å². The maximum absolute atomic E-state index is 12.7. The molecule has 0 spiro atoms. The molecule has 0 saturated heterocycles. The molecule has 16 heavy (non-hydrogen) atoms. The molecule has 0 aliphatic carbocycles. The Bertz CT molecular complexity index is 371. The van der Waals surface area contributed by atoms with Crippen LogP contribution in [-0.4, -0.2) is 11.8 Å². The standard InChI is InChI=1S/C12H14FNO2/c1-3-11(15)14(12(16)4-2)10-7-5-9(13)6-8-10/h5-8H,3-4H2,1-2H3. The predicted octanol–water partition coefficient (Wildman–Crippen LogP) is 2.51. The van der Waals surface area contributed by atoms with E-state index >= 15 is 0 Å². The second kappa shape index (κ2) is 5.39. The molecular formula is C12H14FNO2. The van der Waals surface area contributed by atoms with Crippen LogP contribution in [0.1, 0.15) is 26.7 Å². The molecule has 0 heterocycles. The number of benzene rings is 1. The first-order valence-electron chi connectivity index (χ1n) is 5.21. The topological polar surface area (TPSA) is 37.4 Å². The fourth-order valence-electron chi connectivity index (χ4n) is 1.33. The van der Waals surface area contributed by atoms with E-state index in [-0.39, 0.29) is 24.7 Å². The normalized spacial score (nSPS) is 9.94. The molecular weight excluding hydrogens is 209 g/mol. The third-order valence-electron chi connectivity index (χ3n) is 2.19. The number of hydrogen-bond acceptors (Lipinski definition) is 2. The summed E-state index contributed by atoms with van der Waals surface area (Å²) < 4.78 is 12.7. The lowest BCUT2D eigenvalue weighted by Crippen LogP contribution is -2.35. The summed E-state index contributed by atoms with van der Waals surface area (Å²) in [6.45, 7) is 3.36. The maximum Gasteiger partial charge on any atom is 0.233 e. The SMILES string of the molecule is CCC(=O)N(C(=O)CC)c1ccc(F)cc1. The molecule has 0 bridgehead atoms. The summed E-state index contributed by atoms with van der Waals surface area (Å²) in [5.41, 5.74) is 0.417. The van der Waals surface area contributed by atoms with Crippen LogP contribution in [0.5, 0.6) is 0 Å². The summed E-state index contributed by atoms with van der Waals surface area (Å²) in [5, 5.41) is 0. The van der Waals surface area contributed by atoms with Crippen LogP contribution in [0.15, 0.2) is 24.3 Å². The van der Waals surface area contributed by atoms with Crippen molar-refractivity contribution in [3.8, 4) is 0 Å². The summed E-state index contributed by atoms with van der Waals surface area (Å²) in [7, 11) is 0. The number of carbonyl (C=O) groups is 2. The Labute approximate surface area is 93.9 Å². The zero-order chi connectivity index (χ0) is 12.1. The van der Waals surface area contributed by atoms with E-state index in [1.807, 2.05) is 0 Å². The fraction of sp³-hybridized carbons (Fsp3) is 0.333. The zero-order valence-corrected chi connectivity index (χ0v) is 9.37. The molecule has 0 unspecified atom stereocenters. The van der Waals surface area contributed by atoms with E-state index < -0.39 is 5.82 Å². The molecule has 0 N–H and O–H groups in total. The van der Waals surface area contributed by atoms with Gasteiger partial charge in [-0.25, -0.2) is 4.39 Å². The van der Waals surface area contributed by atoms with Crippen LogP contribution in [0.25, 0.3) is 0 Å². The lowest BCUT2D eigenvalue weighted by Gasteiger charge is -2.19. The van der Waals surface area contributed by atoms with Crippen LogP contribution in [-0.2, 0) is 9.59 Å². The predicted molar refractivity (Wildman–Crippen MR) is 59.5 cm³/mol. The van der Waals surface area contributed by atoms with Gasteiger partial charge in [0.1, 0.15) is 5.82 Å². The third kappa shape index (κ3) is 2.66. The number of hydrogen-bond donors (Lipinski definition) is 0. The zero-order valence-electron chi connectivity index (χ0n) is 9.37. The molecule has 0 saturated carbocycles. The van der Waals surface area contributed by atoms with Crippen molar-refractivity contribution in [3.05, 3.63) is 30.1 Å². The Balaban J connectivity index is 3.06. The molecule has 0 atom stereocenters. The second-order valence-corrected chi connectivity index (χ2v) is 3.31. The largest absolute Gasteiger partial charge is 0.274 e. The molecule has 1 aromatic carbocycles. The molecule has 0 fully saturated rings. The summed E-state index contributed by atoms with van der Waals surface area (Å²) in [5.74, 6) is -0.950. The van der Waals surface area contributed by atoms with Gasteiger partial charge in [-0.1, -0.05) is 13.8 Å². The van der Waals surface area contributed by atoms with Crippen molar-refractivity contribution in [1.82, 2.24) is 0 Å². The summed E-state index contributed by atoms with van der Waals surface area (Å²) in [4.78, 5) is 24.3. The van der Waals surface area contributed by atoms with Gasteiger partial charge in [0, 0.05) is 12.8 Å². The molecule has 1 rings (SSSR count). The molecule has 3 nitrogen and oxygen atoms in total. The van der Waals surface area contributed by atoms with Crippen LogP contribution < -0.4 is 4.90 Å². The van der Waals surface area contributed by atoms with E-state index in [1.165, 1.54) is 24.3 Å². The average Bonchev–Trinajstić information content (AvgIpc) is 2.31. The van der Waals surface area contributed by atoms with E-state index in [4.69, 9.17) is 0 Å². The van der Waals surface area contributed by atoms with Gasteiger partial charge in [0.15, 0.2) is 0 Å². The van der Waals surface area contributed by atoms with Crippen LogP contribution >= 0.6 is 0 Å². The Kier molecular flexibility index (Phi) is 4.17. The van der Waals surface area contributed by atoms with Crippen LogP contribution in [0.4, 0.5) is 10.1 Å². The number of anilines is 1. The van der Waals surface area contributed by atoms with Gasteiger partial charge in [-0.15, -0.1) is 0 Å². The van der Waals surface area contributed by atoms with Crippen LogP contribution in [0, 0.1) is 5.82 Å². The minimum Gasteiger partial charge on any atom is -0.274 e. The summed E-state index contributed by atoms with van der Waals surface area (Å²) >= 11 is 0. The first-order valence-corrected chi connectivity index (χ1v) is 5.21. The molecule has 0 aliphatic rings. The van der Waals surface area contributed by atoms with Gasteiger partial charge in [0.25, 0.3) is 0 Å². The molecule has 2 amide bonds. The monoisotopic (exact) mass is 223 g/mol. The van der Waals surface area contributed by atoms with Gasteiger partial charge in [0.05, 0.1) is 5.69 Å². The number of halogens is 1. The van der Waals surface area contributed by atoms with Gasteiger partial charge in [-0.05, 0) is 24.3 Å². The lowest BCUT2D eigenvalue weighted by molar-refractivity contribution is -0.126. The number of nitrogens with zero attached hydrogens (tertiary/aromatic N) is 1. The van der Waals surface area contributed by atoms with Crippen molar-refractivity contribution in [1.29, 1.82) is 0 Å². The van der Waals surface area contributed by atoms with Crippen molar-refractivity contribution in [3.63, 3.8) is 0 Å². The van der Waals surface area contributed by atoms with Gasteiger partial charge in [-0.2, -0.15) is 0 Å². The first kappa shape index (κ1) is 12.4. The highest BCUT2D eigenvalue weighted by Crippen LogP contribution is 2.17. The number of rotatable bonds is 3. The smallest absolute Gasteiger partial charge is 0.233 e. The highest BCUT2D eigenvalue weighted by molar-refractivity contribution is 6.14. The summed E-state index contributed by atoms with van der Waals surface area (Å²) in [6.07, 6.45) is 0.478. The minimum absolute atomic E-state index is 0.239. The van der Waals surface area contributed by atoms with E-state index in [2.05, 4.69) is 0 Å². The molecule has 86 valence electrons. The highest BCUT2D eigenvalue weighted by atomic mass is 19.1. The lowest BCUT2D eigenvalue weighted by atomic mass is 10.2. The summed E-state index contributed by atoms with van der Waals surface area (Å²) in [6, 6.07) is 5.31. The Morgan fingerprint density at radius 3 is 1.88 bits per heavy atom. The van der Waals surface area contributed by atoms with Crippen LogP contribution in [0.2, 0.25) is 0 Å². The van der Waals surface area contributed by atoms with Crippen LogP contribution in [0.3, 0.4) is 0 Å². The van der Waals surface area contributed by atoms with Crippen molar-refractivity contribution in [2.45, 2.75) is 26.7 Å². The van der Waals surface area contributed by atoms with Gasteiger partial charge >= 0.3 is 0 Å². The third-order valence-corrected chi connectivity index (χ3v) is 2.19. The highest BCUT2D eigenvalue weighted by Gasteiger charge is 2.20. The molecule has 4 heteroatoms. The van der Waals surface area contributed by atoms with E-state index in [1.54, 1.807) is 13.8 Å². The Morgan fingerprint density at radius 1 is 1.06 bits per heavy atom. The molecule has 0 aliphatic heterocycles. The Morgan fingerprint density at radius 2 is 1.50 bits per heavy atom.